The maximum absolute atomic E-state index is 13.3. The van der Waals surface area contributed by atoms with Crippen molar-refractivity contribution in [2.24, 2.45) is 11.7 Å². The summed E-state index contributed by atoms with van der Waals surface area (Å²) < 4.78 is 10.5. The second-order valence-corrected chi connectivity index (χ2v) is 10.5. The topological polar surface area (TPSA) is 114 Å². The lowest BCUT2D eigenvalue weighted by Gasteiger charge is -2.31. The van der Waals surface area contributed by atoms with Gasteiger partial charge < -0.3 is 25.4 Å². The lowest BCUT2D eigenvalue weighted by molar-refractivity contribution is -0.146. The lowest BCUT2D eigenvalue weighted by atomic mass is 9.86. The predicted octanol–water partition coefficient (Wildman–Crippen LogP) is 4.08. The molecule has 1 heterocycles. The number of carbonyl (C=O) groups is 3. The number of methoxy groups -OCH3 is 2. The number of aryl methyl sites for hydroxylation is 1. The van der Waals surface area contributed by atoms with Crippen molar-refractivity contribution in [2.75, 3.05) is 32.2 Å². The number of nitrogens with zero attached hydrogens (tertiary/aromatic N) is 2. The van der Waals surface area contributed by atoms with Crippen LogP contribution >= 0.6 is 0 Å². The molecular formula is C30H40N4O5. The van der Waals surface area contributed by atoms with Gasteiger partial charge in [-0.2, -0.15) is 0 Å². The number of esters is 1. The Morgan fingerprint density at radius 2 is 1.77 bits per heavy atom. The van der Waals surface area contributed by atoms with Gasteiger partial charge in [0.2, 0.25) is 5.91 Å². The normalized spacial score (nSPS) is 20.9. The average molecular weight is 537 g/mol. The Balaban J connectivity index is 1.39. The van der Waals surface area contributed by atoms with E-state index in [4.69, 9.17) is 15.2 Å². The molecule has 2 aromatic rings. The summed E-state index contributed by atoms with van der Waals surface area (Å²) in [7, 11) is 2.99. The fourth-order valence-corrected chi connectivity index (χ4v) is 5.85. The molecular weight excluding hydrogens is 496 g/mol. The molecule has 39 heavy (non-hydrogen) atoms. The molecule has 2 aliphatic rings. The number of ether oxygens (including phenoxy) is 2. The van der Waals surface area contributed by atoms with Crippen LogP contribution in [0.4, 0.5) is 16.2 Å². The summed E-state index contributed by atoms with van der Waals surface area (Å²) in [5, 5.41) is 3.64. The summed E-state index contributed by atoms with van der Waals surface area (Å²) in [5.74, 6) is 0.453. The van der Waals surface area contributed by atoms with Gasteiger partial charge in [0.1, 0.15) is 5.75 Å². The first kappa shape index (κ1) is 28.4. The van der Waals surface area contributed by atoms with Crippen molar-refractivity contribution >= 4 is 29.3 Å². The highest BCUT2D eigenvalue weighted by molar-refractivity contribution is 6.00. The number of anilines is 2. The molecule has 1 atom stereocenters. The fraction of sp³-hybridized carbons (Fsp3) is 0.500. The van der Waals surface area contributed by atoms with Crippen LogP contribution in [0.2, 0.25) is 0 Å². The van der Waals surface area contributed by atoms with Crippen LogP contribution in [-0.4, -0.2) is 62.2 Å². The van der Waals surface area contributed by atoms with Gasteiger partial charge in [-0.3, -0.25) is 14.5 Å². The minimum absolute atomic E-state index is 0.00718. The van der Waals surface area contributed by atoms with Crippen LogP contribution < -0.4 is 20.7 Å². The molecule has 4 rings (SSSR count). The second-order valence-electron chi connectivity index (χ2n) is 10.5. The van der Waals surface area contributed by atoms with Gasteiger partial charge in [-0.1, -0.05) is 24.3 Å². The first-order valence-corrected chi connectivity index (χ1v) is 13.7. The van der Waals surface area contributed by atoms with Crippen molar-refractivity contribution < 1.29 is 23.9 Å². The van der Waals surface area contributed by atoms with E-state index in [-0.39, 0.29) is 30.3 Å². The van der Waals surface area contributed by atoms with Gasteiger partial charge in [-0.05, 0) is 74.8 Å². The van der Waals surface area contributed by atoms with E-state index in [2.05, 4.69) is 5.32 Å². The van der Waals surface area contributed by atoms with Crippen molar-refractivity contribution in [1.29, 1.82) is 0 Å². The molecule has 0 radical (unpaired) electrons. The lowest BCUT2D eigenvalue weighted by Crippen LogP contribution is -2.45. The van der Waals surface area contributed by atoms with E-state index in [0.29, 0.717) is 23.2 Å². The van der Waals surface area contributed by atoms with E-state index in [1.165, 1.54) is 12.0 Å². The van der Waals surface area contributed by atoms with Gasteiger partial charge >= 0.3 is 12.0 Å². The maximum atomic E-state index is 13.3. The van der Waals surface area contributed by atoms with Crippen LogP contribution in [-0.2, 0) is 20.7 Å². The van der Waals surface area contributed by atoms with Crippen molar-refractivity contribution in [3.8, 4) is 5.75 Å². The number of amides is 3. The van der Waals surface area contributed by atoms with Crippen molar-refractivity contribution in [3.63, 3.8) is 0 Å². The third-order valence-electron chi connectivity index (χ3n) is 8.02. The highest BCUT2D eigenvalue weighted by atomic mass is 16.5. The Morgan fingerprint density at radius 3 is 2.44 bits per heavy atom. The molecule has 3 amide bonds. The number of hydrogen-bond donors (Lipinski definition) is 2. The number of carbonyl (C=O) groups excluding carboxylic acids is 3. The number of rotatable bonds is 9. The zero-order valence-electron chi connectivity index (χ0n) is 23.2. The van der Waals surface area contributed by atoms with Crippen LogP contribution in [0.25, 0.3) is 0 Å². The molecule has 0 aromatic heterocycles. The fourth-order valence-electron chi connectivity index (χ4n) is 5.85. The Labute approximate surface area is 230 Å². The average Bonchev–Trinajstić information content (AvgIpc) is 3.42. The number of hydrogen-bond acceptors (Lipinski definition) is 6. The van der Waals surface area contributed by atoms with Crippen LogP contribution in [0.3, 0.4) is 0 Å². The van der Waals surface area contributed by atoms with Gasteiger partial charge in [0, 0.05) is 25.2 Å². The summed E-state index contributed by atoms with van der Waals surface area (Å²) in [5.41, 5.74) is 8.69. The zero-order chi connectivity index (χ0) is 27.9. The smallest absolute Gasteiger partial charge is 0.324 e. The first-order chi connectivity index (χ1) is 18.8. The third kappa shape index (κ3) is 6.71. The number of nitrogens with two attached hydrogens (primary N) is 1. The highest BCUT2D eigenvalue weighted by Gasteiger charge is 2.31. The van der Waals surface area contributed by atoms with Gasteiger partial charge in [-0.15, -0.1) is 0 Å². The molecule has 3 N–H and O–H groups in total. The van der Waals surface area contributed by atoms with Crippen LogP contribution in [0.15, 0.2) is 42.5 Å². The maximum Gasteiger partial charge on any atom is 0.324 e. The molecule has 9 heteroatoms. The first-order valence-electron chi connectivity index (χ1n) is 13.7. The second kappa shape index (κ2) is 13.0. The molecule has 2 aromatic carbocycles. The number of urea groups is 1. The summed E-state index contributed by atoms with van der Waals surface area (Å²) in [6.07, 6.45) is 5.77. The van der Waals surface area contributed by atoms with Crippen molar-refractivity contribution in [1.82, 2.24) is 10.2 Å². The molecule has 0 bridgehead atoms. The predicted molar refractivity (Wildman–Crippen MR) is 150 cm³/mol. The zero-order valence-corrected chi connectivity index (χ0v) is 23.2. The third-order valence-corrected chi connectivity index (χ3v) is 8.02. The molecule has 1 saturated heterocycles. The number of benzene rings is 2. The Bertz CT molecular complexity index is 1180. The summed E-state index contributed by atoms with van der Waals surface area (Å²) >= 11 is 0. The van der Waals surface area contributed by atoms with E-state index in [1.54, 1.807) is 13.2 Å². The van der Waals surface area contributed by atoms with E-state index >= 15 is 0 Å². The van der Waals surface area contributed by atoms with E-state index in [1.807, 2.05) is 48.2 Å². The highest BCUT2D eigenvalue weighted by Crippen LogP contribution is 2.36. The van der Waals surface area contributed by atoms with E-state index < -0.39 is 6.03 Å². The summed E-state index contributed by atoms with van der Waals surface area (Å²) in [4.78, 5) is 41.0. The van der Waals surface area contributed by atoms with Gasteiger partial charge in [0.25, 0.3) is 0 Å². The van der Waals surface area contributed by atoms with Crippen LogP contribution in [0, 0.1) is 12.8 Å². The monoisotopic (exact) mass is 536 g/mol. The molecule has 1 unspecified atom stereocenters. The van der Waals surface area contributed by atoms with Gasteiger partial charge in [-0.25, -0.2) is 4.79 Å². The van der Waals surface area contributed by atoms with Crippen molar-refractivity contribution in [3.05, 3.63) is 53.6 Å². The molecule has 2 fully saturated rings. The number of para-hydroxylation sites is 1. The molecule has 1 aliphatic heterocycles. The summed E-state index contributed by atoms with van der Waals surface area (Å²) in [6, 6.07) is 12.9. The van der Waals surface area contributed by atoms with Crippen molar-refractivity contribution in [2.45, 2.75) is 64.0 Å². The summed E-state index contributed by atoms with van der Waals surface area (Å²) in [6.45, 7) is 3.42. The standard InChI is InChI=1S/C30H40N4O5/c1-20-7-4-5-9-25(20)34(30(31)37)26-15-10-21(17-27(26)38-2)18-28(35)33-16-6-8-24(33)19-32-23-13-11-22(12-14-23)29(36)39-3/h4-5,7,9-10,15,17,22-24,32H,6,8,11-14,16,18-19H2,1-3H3,(H2,31,37). The van der Waals surface area contributed by atoms with E-state index in [0.717, 1.165) is 62.7 Å². The minimum Gasteiger partial charge on any atom is -0.495 e. The van der Waals surface area contributed by atoms with Crippen LogP contribution in [0.1, 0.15) is 49.7 Å². The minimum atomic E-state index is -0.613. The largest absolute Gasteiger partial charge is 0.495 e. The Kier molecular flexibility index (Phi) is 9.45. The molecule has 1 saturated carbocycles. The molecule has 0 spiro atoms. The van der Waals surface area contributed by atoms with E-state index in [9.17, 15) is 14.4 Å². The Morgan fingerprint density at radius 1 is 1.03 bits per heavy atom. The SMILES string of the molecule is COC(=O)C1CCC(NCC2CCCN2C(=O)Cc2ccc(N(C(N)=O)c3ccccc3C)c(OC)c2)CC1. The quantitative estimate of drug-likeness (QED) is 0.467. The number of likely N-dealkylation sites (tertiary alicyclic amines) is 1. The van der Waals surface area contributed by atoms with Gasteiger partial charge in [0.15, 0.2) is 0 Å². The number of primary amides is 1. The molecule has 210 valence electrons. The Hall–Kier alpha value is -3.59. The molecule has 1 aliphatic carbocycles. The number of nitrogens with one attached hydrogen (secondary N) is 1. The van der Waals surface area contributed by atoms with Gasteiger partial charge in [0.05, 0.1) is 37.9 Å². The molecule has 9 nitrogen and oxygen atoms in total. The van der Waals surface area contributed by atoms with Crippen LogP contribution in [0.5, 0.6) is 5.75 Å².